The summed E-state index contributed by atoms with van der Waals surface area (Å²) in [5.74, 6) is 1.11. The van der Waals surface area contributed by atoms with Crippen LogP contribution in [0, 0.1) is 9.62 Å². The summed E-state index contributed by atoms with van der Waals surface area (Å²) >= 11 is 2.19. The zero-order chi connectivity index (χ0) is 17.6. The van der Waals surface area contributed by atoms with Crippen molar-refractivity contribution in [3.05, 3.63) is 10.0 Å². The molecule has 8 nitrogen and oxygen atoms in total. The summed E-state index contributed by atoms with van der Waals surface area (Å²) in [5, 5.41) is 8.93. The maximum atomic E-state index is 12.4. The molecule has 1 atom stereocenters. The third-order valence-corrected chi connectivity index (χ3v) is 6.24. The van der Waals surface area contributed by atoms with Gasteiger partial charge in [-0.15, -0.1) is 0 Å². The van der Waals surface area contributed by atoms with Gasteiger partial charge in [-0.3, -0.25) is 4.79 Å². The van der Waals surface area contributed by atoms with Crippen LogP contribution in [0.25, 0.3) is 11.0 Å². The Balaban J connectivity index is 1.51. The first kappa shape index (κ1) is 17.0. The predicted molar refractivity (Wildman–Crippen MR) is 103 cm³/mol. The Bertz CT molecular complexity index is 799. The summed E-state index contributed by atoms with van der Waals surface area (Å²) in [4.78, 5) is 22.7. The normalized spacial score (nSPS) is 27.8. The van der Waals surface area contributed by atoms with Crippen LogP contribution in [-0.4, -0.2) is 56.7 Å². The van der Waals surface area contributed by atoms with Crippen molar-refractivity contribution in [1.29, 1.82) is 0 Å². The van der Waals surface area contributed by atoms with Crippen molar-refractivity contribution in [2.75, 3.05) is 25.9 Å². The van der Waals surface area contributed by atoms with Crippen molar-refractivity contribution in [3.8, 4) is 0 Å². The third-order valence-electron chi connectivity index (χ3n) is 5.49. The van der Waals surface area contributed by atoms with E-state index in [-0.39, 0.29) is 11.9 Å². The van der Waals surface area contributed by atoms with Gasteiger partial charge in [0.2, 0.25) is 5.91 Å². The number of piperazine rings is 1. The number of hydrogen-bond donors (Lipinski definition) is 2. The van der Waals surface area contributed by atoms with Gasteiger partial charge in [0.25, 0.3) is 0 Å². The van der Waals surface area contributed by atoms with Gasteiger partial charge >= 0.3 is 0 Å². The maximum Gasteiger partial charge on any atom is 0.239 e. The van der Waals surface area contributed by atoms with Crippen LogP contribution in [0.5, 0.6) is 0 Å². The average Bonchev–Trinajstić information content (AvgIpc) is 2.96. The summed E-state index contributed by atoms with van der Waals surface area (Å²) in [6.45, 7) is 1.68. The van der Waals surface area contributed by atoms with E-state index in [2.05, 4.69) is 43.0 Å². The van der Waals surface area contributed by atoms with Crippen LogP contribution in [0.3, 0.4) is 0 Å². The van der Waals surface area contributed by atoms with Crippen LogP contribution in [0.4, 0.5) is 5.82 Å². The molecule has 1 aliphatic heterocycles. The van der Waals surface area contributed by atoms with Crippen molar-refractivity contribution < 1.29 is 4.79 Å². The van der Waals surface area contributed by atoms with Crippen LogP contribution >= 0.6 is 22.6 Å². The molecule has 1 amide bonds. The van der Waals surface area contributed by atoms with Crippen molar-refractivity contribution in [1.82, 2.24) is 30.0 Å². The molecule has 2 fully saturated rings. The van der Waals surface area contributed by atoms with E-state index in [4.69, 9.17) is 5.73 Å². The van der Waals surface area contributed by atoms with E-state index in [1.807, 2.05) is 16.6 Å². The number of halogens is 1. The maximum absolute atomic E-state index is 12.4. The highest BCUT2D eigenvalue weighted by atomic mass is 127. The molecule has 0 bridgehead atoms. The molecule has 2 aliphatic rings. The van der Waals surface area contributed by atoms with Crippen LogP contribution in [0.1, 0.15) is 31.7 Å². The van der Waals surface area contributed by atoms with Gasteiger partial charge in [-0.05, 0) is 54.2 Å². The largest absolute Gasteiger partial charge is 0.383 e. The lowest BCUT2D eigenvalue weighted by molar-refractivity contribution is -0.136. The molecule has 134 valence electrons. The van der Waals surface area contributed by atoms with Crippen LogP contribution in [0.2, 0.25) is 0 Å². The van der Waals surface area contributed by atoms with Crippen molar-refractivity contribution in [2.45, 2.75) is 37.8 Å². The topological polar surface area (TPSA) is 102 Å². The van der Waals surface area contributed by atoms with E-state index in [9.17, 15) is 4.79 Å². The second-order valence-electron chi connectivity index (χ2n) is 6.95. The molecule has 0 aromatic carbocycles. The fraction of sp³-hybridized carbons (Fsp3) is 0.625. The number of nitrogens with zero attached hydrogens (tertiary/aromatic N) is 5. The molecule has 3 N–H and O–H groups in total. The lowest BCUT2D eigenvalue weighted by atomic mass is 9.80. The van der Waals surface area contributed by atoms with Gasteiger partial charge in [0, 0.05) is 20.1 Å². The number of amides is 1. The number of rotatable bonds is 2. The Kier molecular flexibility index (Phi) is 4.52. The Morgan fingerprint density at radius 1 is 1.28 bits per heavy atom. The molecule has 9 heteroatoms. The molecule has 1 unspecified atom stereocenters. The second-order valence-corrected chi connectivity index (χ2v) is 7.97. The zero-order valence-electron chi connectivity index (χ0n) is 14.2. The molecule has 2 aromatic rings. The van der Waals surface area contributed by atoms with E-state index in [0.717, 1.165) is 53.5 Å². The average molecular weight is 455 g/mol. The zero-order valence-corrected chi connectivity index (χ0v) is 16.3. The molecule has 2 aromatic heterocycles. The number of hydrogen-bond acceptors (Lipinski definition) is 6. The van der Waals surface area contributed by atoms with E-state index in [0.29, 0.717) is 17.8 Å². The minimum Gasteiger partial charge on any atom is -0.383 e. The van der Waals surface area contributed by atoms with Gasteiger partial charge in [0.15, 0.2) is 5.65 Å². The van der Waals surface area contributed by atoms with Gasteiger partial charge in [-0.25, -0.2) is 14.6 Å². The fourth-order valence-corrected chi connectivity index (χ4v) is 4.83. The quantitative estimate of drug-likeness (QED) is 0.660. The van der Waals surface area contributed by atoms with Crippen LogP contribution < -0.4 is 11.1 Å². The Labute approximate surface area is 159 Å². The molecule has 0 spiro atoms. The van der Waals surface area contributed by atoms with E-state index < -0.39 is 0 Å². The van der Waals surface area contributed by atoms with Gasteiger partial charge in [0.1, 0.15) is 15.8 Å². The highest BCUT2D eigenvalue weighted by Crippen LogP contribution is 2.36. The third kappa shape index (κ3) is 2.97. The summed E-state index contributed by atoms with van der Waals surface area (Å²) in [7, 11) is 1.89. The first-order chi connectivity index (χ1) is 12.1. The molecule has 1 saturated heterocycles. The lowest BCUT2D eigenvalue weighted by Crippen LogP contribution is -2.57. The predicted octanol–water partition coefficient (Wildman–Crippen LogP) is 1.17. The number of nitrogen functional groups attached to an aromatic ring is 1. The number of anilines is 1. The molecule has 0 radical (unpaired) electrons. The molecule has 1 aliphatic carbocycles. The number of nitrogens with two attached hydrogens (primary N) is 1. The highest BCUT2D eigenvalue weighted by Gasteiger charge is 2.36. The number of carbonyl (C=O) groups is 1. The van der Waals surface area contributed by atoms with Gasteiger partial charge in [0.05, 0.1) is 17.5 Å². The fourth-order valence-electron chi connectivity index (χ4n) is 4.08. The van der Waals surface area contributed by atoms with Gasteiger partial charge < -0.3 is 16.0 Å². The number of aromatic nitrogens is 4. The van der Waals surface area contributed by atoms with Crippen LogP contribution in [-0.2, 0) is 4.79 Å². The molecule has 4 rings (SSSR count). The minimum absolute atomic E-state index is 0.0350. The van der Waals surface area contributed by atoms with Crippen LogP contribution in [0.15, 0.2) is 6.33 Å². The highest BCUT2D eigenvalue weighted by molar-refractivity contribution is 14.1. The van der Waals surface area contributed by atoms with E-state index in [1.54, 1.807) is 0 Å². The summed E-state index contributed by atoms with van der Waals surface area (Å²) in [6, 6.07) is 0.264. The van der Waals surface area contributed by atoms with Crippen molar-refractivity contribution in [2.24, 2.45) is 5.92 Å². The Morgan fingerprint density at radius 3 is 2.80 bits per heavy atom. The summed E-state index contributed by atoms with van der Waals surface area (Å²) in [6.07, 6.45) is 5.52. The Hall–Kier alpha value is -1.49. The minimum atomic E-state index is -0.0350. The molecular formula is C16H22IN7O. The lowest BCUT2D eigenvalue weighted by Gasteiger charge is -2.38. The SMILES string of the molecule is CN1CCNC(C2CCC(n3nc(I)c4c(N)ncnc43)CC2)C1=O. The summed E-state index contributed by atoms with van der Waals surface area (Å²) < 4.78 is 2.85. The molecule has 25 heavy (non-hydrogen) atoms. The number of fused-ring (bicyclic) bond motifs is 1. The molecule has 3 heterocycles. The Morgan fingerprint density at radius 2 is 2.04 bits per heavy atom. The summed E-state index contributed by atoms with van der Waals surface area (Å²) in [5.41, 5.74) is 6.80. The number of likely N-dealkylation sites (N-methyl/N-ethyl adjacent to an activating group) is 1. The van der Waals surface area contributed by atoms with E-state index in [1.165, 1.54) is 6.33 Å². The first-order valence-electron chi connectivity index (χ1n) is 8.69. The first-order valence-corrected chi connectivity index (χ1v) is 9.76. The molecule has 1 saturated carbocycles. The van der Waals surface area contributed by atoms with Crippen molar-refractivity contribution >= 4 is 45.3 Å². The van der Waals surface area contributed by atoms with Gasteiger partial charge in [-0.1, -0.05) is 0 Å². The molecular weight excluding hydrogens is 433 g/mol. The smallest absolute Gasteiger partial charge is 0.239 e. The monoisotopic (exact) mass is 455 g/mol. The number of nitrogens with one attached hydrogen (secondary N) is 1. The number of carbonyl (C=O) groups excluding carboxylic acids is 1. The van der Waals surface area contributed by atoms with Crippen molar-refractivity contribution in [3.63, 3.8) is 0 Å². The second kappa shape index (κ2) is 6.67. The van der Waals surface area contributed by atoms with Gasteiger partial charge in [-0.2, -0.15) is 5.10 Å². The standard InChI is InChI=1S/C16H22IN7O/c1-23-7-6-19-12(16(23)25)9-2-4-10(5-3-9)24-15-11(13(17)22-24)14(18)20-8-21-15/h8-10,12,19H,2-7H2,1H3,(H2,18,20,21). The van der Waals surface area contributed by atoms with E-state index >= 15 is 0 Å².